The van der Waals surface area contributed by atoms with E-state index in [0.29, 0.717) is 5.75 Å². The first kappa shape index (κ1) is 9.71. The number of rotatable bonds is 2. The topological polar surface area (TPSA) is 33.1 Å². The maximum Gasteiger partial charge on any atom is 0.119 e. The highest BCUT2D eigenvalue weighted by molar-refractivity contribution is 5.37. The molecule has 1 aromatic heterocycles. The molecule has 0 fully saturated rings. The van der Waals surface area contributed by atoms with Crippen LogP contribution in [0.3, 0.4) is 0 Å². The van der Waals surface area contributed by atoms with Gasteiger partial charge in [0, 0.05) is 18.3 Å². The molecule has 0 radical (unpaired) electrons. The quantitative estimate of drug-likeness (QED) is 0.806. The van der Waals surface area contributed by atoms with E-state index < -0.39 is 0 Å². The van der Waals surface area contributed by atoms with Crippen molar-refractivity contribution in [2.24, 2.45) is 0 Å². The molecular weight excluding hydrogens is 186 g/mol. The lowest BCUT2D eigenvalue weighted by atomic mass is 10.0. The number of phenols is 1. The highest BCUT2D eigenvalue weighted by Crippen LogP contribution is 2.20. The molecule has 0 bridgehead atoms. The maximum atomic E-state index is 9.64. The zero-order chi connectivity index (χ0) is 10.7. The van der Waals surface area contributed by atoms with Gasteiger partial charge in [0.25, 0.3) is 0 Å². The SMILES string of the molecule is Cc1ncccc1Cc1ccccc1O. The van der Waals surface area contributed by atoms with Gasteiger partial charge in [0.05, 0.1) is 0 Å². The molecule has 0 saturated carbocycles. The summed E-state index contributed by atoms with van der Waals surface area (Å²) in [5.74, 6) is 0.348. The second-order valence-corrected chi connectivity index (χ2v) is 3.55. The predicted molar refractivity (Wildman–Crippen MR) is 59.9 cm³/mol. The van der Waals surface area contributed by atoms with Crippen molar-refractivity contribution in [3.05, 3.63) is 59.4 Å². The van der Waals surface area contributed by atoms with Crippen molar-refractivity contribution in [1.82, 2.24) is 4.98 Å². The van der Waals surface area contributed by atoms with Crippen molar-refractivity contribution in [3.63, 3.8) is 0 Å². The lowest BCUT2D eigenvalue weighted by Gasteiger charge is -2.06. The van der Waals surface area contributed by atoms with Gasteiger partial charge in [-0.3, -0.25) is 4.98 Å². The molecule has 0 amide bonds. The van der Waals surface area contributed by atoms with Crippen LogP contribution in [0.4, 0.5) is 0 Å². The molecule has 2 aromatic rings. The van der Waals surface area contributed by atoms with Crippen LogP contribution in [0, 0.1) is 6.92 Å². The average Bonchev–Trinajstić information content (AvgIpc) is 2.24. The van der Waals surface area contributed by atoms with E-state index in [1.54, 1.807) is 12.3 Å². The van der Waals surface area contributed by atoms with Gasteiger partial charge in [-0.1, -0.05) is 24.3 Å². The van der Waals surface area contributed by atoms with Crippen LogP contribution in [0.25, 0.3) is 0 Å². The first-order valence-electron chi connectivity index (χ1n) is 4.95. The number of hydrogen-bond donors (Lipinski definition) is 1. The Morgan fingerprint density at radius 3 is 2.53 bits per heavy atom. The summed E-state index contributed by atoms with van der Waals surface area (Å²) in [6, 6.07) is 11.4. The third-order valence-electron chi connectivity index (χ3n) is 2.49. The zero-order valence-corrected chi connectivity index (χ0v) is 8.64. The lowest BCUT2D eigenvalue weighted by Crippen LogP contribution is -1.93. The third-order valence-corrected chi connectivity index (χ3v) is 2.49. The second kappa shape index (κ2) is 4.13. The van der Waals surface area contributed by atoms with E-state index in [9.17, 15) is 5.11 Å². The number of aromatic hydroxyl groups is 1. The summed E-state index contributed by atoms with van der Waals surface area (Å²) in [5.41, 5.74) is 3.10. The summed E-state index contributed by atoms with van der Waals surface area (Å²) in [4.78, 5) is 4.22. The summed E-state index contributed by atoms with van der Waals surface area (Å²) in [6.45, 7) is 1.98. The van der Waals surface area contributed by atoms with Crippen molar-refractivity contribution in [2.75, 3.05) is 0 Å². The van der Waals surface area contributed by atoms with Gasteiger partial charge in [0.15, 0.2) is 0 Å². The van der Waals surface area contributed by atoms with E-state index >= 15 is 0 Å². The van der Waals surface area contributed by atoms with Crippen LogP contribution in [0.2, 0.25) is 0 Å². The molecular formula is C13H13NO. The molecule has 1 heterocycles. The van der Waals surface area contributed by atoms with Crippen LogP contribution >= 0.6 is 0 Å². The molecule has 0 spiro atoms. The van der Waals surface area contributed by atoms with E-state index in [0.717, 1.165) is 23.2 Å². The molecule has 2 rings (SSSR count). The summed E-state index contributed by atoms with van der Waals surface area (Å²) in [6.07, 6.45) is 2.51. The van der Waals surface area contributed by atoms with Gasteiger partial charge in [-0.05, 0) is 30.2 Å². The monoisotopic (exact) mass is 199 g/mol. The van der Waals surface area contributed by atoms with Crippen LogP contribution in [0.1, 0.15) is 16.8 Å². The Labute approximate surface area is 89.2 Å². The Balaban J connectivity index is 2.30. The maximum absolute atomic E-state index is 9.64. The lowest BCUT2D eigenvalue weighted by molar-refractivity contribution is 0.469. The number of para-hydroxylation sites is 1. The average molecular weight is 199 g/mol. The Hall–Kier alpha value is -1.83. The van der Waals surface area contributed by atoms with Crippen LogP contribution in [-0.2, 0) is 6.42 Å². The van der Waals surface area contributed by atoms with Crippen molar-refractivity contribution in [2.45, 2.75) is 13.3 Å². The minimum atomic E-state index is 0.348. The minimum Gasteiger partial charge on any atom is -0.508 e. The zero-order valence-electron chi connectivity index (χ0n) is 8.64. The Bertz CT molecular complexity index is 422. The third kappa shape index (κ3) is 2.15. The van der Waals surface area contributed by atoms with Crippen LogP contribution in [-0.4, -0.2) is 10.1 Å². The molecule has 0 atom stereocenters. The molecule has 76 valence electrons. The van der Waals surface area contributed by atoms with Gasteiger partial charge in [0.2, 0.25) is 0 Å². The van der Waals surface area contributed by atoms with Gasteiger partial charge >= 0.3 is 0 Å². The molecule has 15 heavy (non-hydrogen) atoms. The number of pyridine rings is 1. The molecule has 0 saturated heterocycles. The highest BCUT2D eigenvalue weighted by Gasteiger charge is 2.03. The first-order valence-corrected chi connectivity index (χ1v) is 4.95. The summed E-state index contributed by atoms with van der Waals surface area (Å²) < 4.78 is 0. The fraction of sp³-hybridized carbons (Fsp3) is 0.154. The first-order chi connectivity index (χ1) is 7.27. The van der Waals surface area contributed by atoms with Gasteiger partial charge in [0.1, 0.15) is 5.75 Å². The largest absolute Gasteiger partial charge is 0.508 e. The van der Waals surface area contributed by atoms with Crippen LogP contribution in [0.15, 0.2) is 42.6 Å². The highest BCUT2D eigenvalue weighted by atomic mass is 16.3. The van der Waals surface area contributed by atoms with Gasteiger partial charge in [-0.2, -0.15) is 0 Å². The molecule has 0 aliphatic carbocycles. The summed E-state index contributed by atoms with van der Waals surface area (Å²) >= 11 is 0. The van der Waals surface area contributed by atoms with Crippen molar-refractivity contribution in [3.8, 4) is 5.75 Å². The molecule has 2 nitrogen and oxygen atoms in total. The van der Waals surface area contributed by atoms with Gasteiger partial charge < -0.3 is 5.11 Å². The van der Waals surface area contributed by atoms with Gasteiger partial charge in [-0.15, -0.1) is 0 Å². The van der Waals surface area contributed by atoms with Crippen molar-refractivity contribution < 1.29 is 5.11 Å². The van der Waals surface area contributed by atoms with Gasteiger partial charge in [-0.25, -0.2) is 0 Å². The fourth-order valence-electron chi connectivity index (χ4n) is 1.57. The number of nitrogens with zero attached hydrogens (tertiary/aromatic N) is 1. The van der Waals surface area contributed by atoms with E-state index in [2.05, 4.69) is 4.98 Å². The predicted octanol–water partition coefficient (Wildman–Crippen LogP) is 2.69. The summed E-state index contributed by atoms with van der Waals surface area (Å²) in [5, 5.41) is 9.64. The standard InChI is InChI=1S/C13H13NO/c1-10-11(6-4-8-14-10)9-12-5-2-3-7-13(12)15/h2-8,15H,9H2,1H3. The number of phenolic OH excluding ortho intramolecular Hbond substituents is 1. The smallest absolute Gasteiger partial charge is 0.119 e. The Morgan fingerprint density at radius 2 is 1.80 bits per heavy atom. The number of benzene rings is 1. The molecule has 2 heteroatoms. The van der Waals surface area contributed by atoms with E-state index in [1.165, 1.54) is 0 Å². The molecule has 1 aromatic carbocycles. The number of aryl methyl sites for hydroxylation is 1. The normalized spacial score (nSPS) is 10.2. The molecule has 0 unspecified atom stereocenters. The van der Waals surface area contributed by atoms with Crippen LogP contribution < -0.4 is 0 Å². The number of aromatic nitrogens is 1. The van der Waals surface area contributed by atoms with Crippen molar-refractivity contribution >= 4 is 0 Å². The van der Waals surface area contributed by atoms with E-state index in [4.69, 9.17) is 0 Å². The Kier molecular flexibility index (Phi) is 2.68. The van der Waals surface area contributed by atoms with E-state index in [-0.39, 0.29) is 0 Å². The molecule has 0 aliphatic rings. The molecule has 0 aliphatic heterocycles. The Morgan fingerprint density at radius 1 is 1.07 bits per heavy atom. The summed E-state index contributed by atoms with van der Waals surface area (Å²) in [7, 11) is 0. The molecule has 1 N–H and O–H groups in total. The number of hydrogen-bond acceptors (Lipinski definition) is 2. The minimum absolute atomic E-state index is 0.348. The second-order valence-electron chi connectivity index (χ2n) is 3.55. The van der Waals surface area contributed by atoms with E-state index in [1.807, 2.05) is 37.3 Å². The van der Waals surface area contributed by atoms with Crippen molar-refractivity contribution in [1.29, 1.82) is 0 Å². The van der Waals surface area contributed by atoms with Crippen LogP contribution in [0.5, 0.6) is 5.75 Å². The fourth-order valence-corrected chi connectivity index (χ4v) is 1.57.